The number of halogens is 1. The fourth-order valence-electron chi connectivity index (χ4n) is 1.81. The van der Waals surface area contributed by atoms with E-state index in [1.54, 1.807) is 18.2 Å². The summed E-state index contributed by atoms with van der Waals surface area (Å²) in [5, 5.41) is 16.9. The minimum Gasteiger partial charge on any atom is -0.295 e. The standard InChI is InChI=1S/C14H10FN5O2S/c15-9-4-2-1-3-8(9)7-12-19-20-14(23-12)16-13(22)10-5-6-11(21)18-17-10/h1-6H,7H2,(H,18,21)(H,16,20,22). The predicted octanol–water partition coefficient (Wildman–Crippen LogP) is 1.60. The van der Waals surface area contributed by atoms with Crippen LogP contribution in [0.4, 0.5) is 9.52 Å². The van der Waals surface area contributed by atoms with E-state index in [-0.39, 0.29) is 23.1 Å². The minimum atomic E-state index is -0.519. The highest BCUT2D eigenvalue weighted by Crippen LogP contribution is 2.20. The molecule has 0 aliphatic heterocycles. The van der Waals surface area contributed by atoms with Gasteiger partial charge in [-0.3, -0.25) is 14.9 Å². The number of hydrogen-bond acceptors (Lipinski definition) is 6. The molecule has 0 aliphatic carbocycles. The van der Waals surface area contributed by atoms with Crippen LogP contribution < -0.4 is 10.9 Å². The van der Waals surface area contributed by atoms with Gasteiger partial charge in [-0.05, 0) is 17.7 Å². The largest absolute Gasteiger partial charge is 0.295 e. The molecule has 0 spiro atoms. The minimum absolute atomic E-state index is 0.0513. The Bertz CT molecular complexity index is 887. The summed E-state index contributed by atoms with van der Waals surface area (Å²) < 4.78 is 13.6. The van der Waals surface area contributed by atoms with Gasteiger partial charge < -0.3 is 0 Å². The van der Waals surface area contributed by atoms with Crippen LogP contribution in [0.3, 0.4) is 0 Å². The zero-order chi connectivity index (χ0) is 16.2. The van der Waals surface area contributed by atoms with Gasteiger partial charge in [0.15, 0.2) is 0 Å². The SMILES string of the molecule is O=C(Nc1nnc(Cc2ccccc2F)s1)c1ccc(=O)[nH]n1. The number of H-pyrrole nitrogens is 1. The fraction of sp³-hybridized carbons (Fsp3) is 0.0714. The van der Waals surface area contributed by atoms with Crippen molar-refractivity contribution in [2.45, 2.75) is 6.42 Å². The highest BCUT2D eigenvalue weighted by molar-refractivity contribution is 7.15. The Morgan fingerprint density at radius 1 is 1.22 bits per heavy atom. The zero-order valence-corrected chi connectivity index (χ0v) is 12.4. The summed E-state index contributed by atoms with van der Waals surface area (Å²) in [6, 6.07) is 8.90. The molecule has 23 heavy (non-hydrogen) atoms. The smallest absolute Gasteiger partial charge is 0.277 e. The summed E-state index contributed by atoms with van der Waals surface area (Å²) in [4.78, 5) is 22.8. The fourth-order valence-corrected chi connectivity index (χ4v) is 2.57. The van der Waals surface area contributed by atoms with Crippen LogP contribution in [0, 0.1) is 5.82 Å². The Morgan fingerprint density at radius 3 is 2.78 bits per heavy atom. The van der Waals surface area contributed by atoms with Crippen LogP contribution >= 0.6 is 11.3 Å². The number of aromatic amines is 1. The van der Waals surface area contributed by atoms with Gasteiger partial charge in [-0.15, -0.1) is 10.2 Å². The molecule has 0 bridgehead atoms. The van der Waals surface area contributed by atoms with Crippen molar-refractivity contribution in [2.75, 3.05) is 5.32 Å². The van der Waals surface area contributed by atoms with Gasteiger partial charge in [-0.25, -0.2) is 9.49 Å². The topological polar surface area (TPSA) is 101 Å². The number of nitrogens with zero attached hydrogens (tertiary/aromatic N) is 3. The summed E-state index contributed by atoms with van der Waals surface area (Å²) in [5.41, 5.74) is 0.156. The van der Waals surface area contributed by atoms with Gasteiger partial charge >= 0.3 is 0 Å². The van der Waals surface area contributed by atoms with E-state index >= 15 is 0 Å². The summed E-state index contributed by atoms with van der Waals surface area (Å²) in [6.45, 7) is 0. The lowest BCUT2D eigenvalue weighted by Gasteiger charge is -1.99. The molecule has 9 heteroatoms. The Kier molecular flexibility index (Phi) is 4.20. The molecule has 2 aromatic heterocycles. The third-order valence-electron chi connectivity index (χ3n) is 2.90. The second-order valence-electron chi connectivity index (χ2n) is 4.53. The van der Waals surface area contributed by atoms with Crippen molar-refractivity contribution in [1.82, 2.24) is 20.4 Å². The Hall–Kier alpha value is -2.94. The van der Waals surface area contributed by atoms with Gasteiger partial charge in [-0.1, -0.05) is 29.5 Å². The molecule has 0 aliphatic rings. The Morgan fingerprint density at radius 2 is 2.04 bits per heavy atom. The van der Waals surface area contributed by atoms with Crippen molar-refractivity contribution in [3.8, 4) is 0 Å². The van der Waals surface area contributed by atoms with Gasteiger partial charge in [0.05, 0.1) is 0 Å². The molecule has 3 rings (SSSR count). The summed E-state index contributed by atoms with van der Waals surface area (Å²) in [6.07, 6.45) is 0.289. The maximum atomic E-state index is 13.6. The van der Waals surface area contributed by atoms with Crippen molar-refractivity contribution in [3.63, 3.8) is 0 Å². The van der Waals surface area contributed by atoms with E-state index in [0.717, 1.165) is 11.3 Å². The molecule has 0 atom stereocenters. The molecule has 0 saturated carbocycles. The van der Waals surface area contributed by atoms with Crippen molar-refractivity contribution in [1.29, 1.82) is 0 Å². The maximum absolute atomic E-state index is 13.6. The average Bonchev–Trinajstić information content (AvgIpc) is 2.97. The van der Waals surface area contributed by atoms with Crippen molar-refractivity contribution in [2.24, 2.45) is 0 Å². The predicted molar refractivity (Wildman–Crippen MR) is 81.9 cm³/mol. The number of carbonyl (C=O) groups excluding carboxylic acids is 1. The van der Waals surface area contributed by atoms with Gasteiger partial charge in [0.2, 0.25) is 5.13 Å². The Balaban J connectivity index is 1.70. The van der Waals surface area contributed by atoms with Crippen LogP contribution in [-0.4, -0.2) is 26.3 Å². The third-order valence-corrected chi connectivity index (χ3v) is 3.74. The second-order valence-corrected chi connectivity index (χ2v) is 5.59. The monoisotopic (exact) mass is 331 g/mol. The average molecular weight is 331 g/mol. The first-order valence-corrected chi connectivity index (χ1v) is 7.36. The van der Waals surface area contributed by atoms with E-state index in [1.165, 1.54) is 18.2 Å². The second kappa shape index (κ2) is 6.44. The number of carbonyl (C=O) groups is 1. The number of aromatic nitrogens is 4. The molecule has 0 radical (unpaired) electrons. The van der Waals surface area contributed by atoms with Gasteiger partial charge in [0.25, 0.3) is 11.5 Å². The summed E-state index contributed by atoms with van der Waals surface area (Å²) >= 11 is 1.14. The van der Waals surface area contributed by atoms with Crippen LogP contribution in [-0.2, 0) is 6.42 Å². The van der Waals surface area contributed by atoms with Crippen molar-refractivity contribution in [3.05, 3.63) is 68.8 Å². The molecule has 1 amide bonds. The first-order valence-electron chi connectivity index (χ1n) is 6.55. The quantitative estimate of drug-likeness (QED) is 0.756. The molecule has 2 N–H and O–H groups in total. The third kappa shape index (κ3) is 3.64. The van der Waals surface area contributed by atoms with Crippen molar-refractivity contribution >= 4 is 22.4 Å². The van der Waals surface area contributed by atoms with E-state index in [9.17, 15) is 14.0 Å². The number of benzene rings is 1. The number of nitrogens with one attached hydrogen (secondary N) is 2. The maximum Gasteiger partial charge on any atom is 0.277 e. The highest BCUT2D eigenvalue weighted by atomic mass is 32.1. The van der Waals surface area contributed by atoms with Crippen molar-refractivity contribution < 1.29 is 9.18 Å². The Labute approximate surface area is 133 Å². The number of amides is 1. The normalized spacial score (nSPS) is 10.5. The molecule has 7 nitrogen and oxygen atoms in total. The van der Waals surface area contributed by atoms with Crippen LogP contribution in [0.2, 0.25) is 0 Å². The lowest BCUT2D eigenvalue weighted by Crippen LogP contribution is -2.17. The summed E-state index contributed by atoms with van der Waals surface area (Å²) in [7, 11) is 0. The first kappa shape index (κ1) is 15.0. The van der Waals surface area contributed by atoms with Gasteiger partial charge in [0, 0.05) is 12.5 Å². The molecule has 3 aromatic rings. The van der Waals surface area contributed by atoms with E-state index in [2.05, 4.69) is 25.7 Å². The lowest BCUT2D eigenvalue weighted by molar-refractivity contribution is 0.102. The van der Waals surface area contributed by atoms with Crippen LogP contribution in [0.1, 0.15) is 21.1 Å². The van der Waals surface area contributed by atoms with Crippen LogP contribution in [0.5, 0.6) is 0 Å². The van der Waals surface area contributed by atoms with E-state index in [4.69, 9.17) is 0 Å². The van der Waals surface area contributed by atoms with E-state index in [0.29, 0.717) is 10.6 Å². The van der Waals surface area contributed by atoms with Crippen LogP contribution in [0.15, 0.2) is 41.2 Å². The lowest BCUT2D eigenvalue weighted by atomic mass is 10.1. The van der Waals surface area contributed by atoms with Crippen LogP contribution in [0.25, 0.3) is 0 Å². The molecule has 0 saturated heterocycles. The summed E-state index contributed by atoms with van der Waals surface area (Å²) in [5.74, 6) is -0.833. The molecule has 0 unspecified atom stereocenters. The van der Waals surface area contributed by atoms with Gasteiger partial charge in [-0.2, -0.15) is 5.10 Å². The molecule has 0 fully saturated rings. The molecule has 2 heterocycles. The van der Waals surface area contributed by atoms with E-state index < -0.39 is 11.5 Å². The highest BCUT2D eigenvalue weighted by Gasteiger charge is 2.12. The molecule has 116 valence electrons. The first-order chi connectivity index (χ1) is 11.1. The molecular weight excluding hydrogens is 321 g/mol. The van der Waals surface area contributed by atoms with Gasteiger partial charge in [0.1, 0.15) is 16.5 Å². The number of rotatable bonds is 4. The van der Waals surface area contributed by atoms with E-state index in [1.807, 2.05) is 0 Å². The molecule has 1 aromatic carbocycles. The number of hydrogen-bond donors (Lipinski definition) is 2. The molecular formula is C14H10FN5O2S. The number of anilines is 1. The zero-order valence-electron chi connectivity index (χ0n) is 11.6.